The molecule has 0 atom stereocenters. The molecule has 0 radical (unpaired) electrons. The number of nitrogens with zero attached hydrogens (tertiary/aromatic N) is 4. The fraction of sp³-hybridized carbons (Fsp3) is 0.467. The Kier molecular flexibility index (Phi) is 8.30. The van der Waals surface area contributed by atoms with Gasteiger partial charge in [-0.2, -0.15) is 4.31 Å². The predicted molar refractivity (Wildman–Crippen MR) is 151 cm³/mol. The number of aryl methyl sites for hydroxylation is 2. The molecule has 40 heavy (non-hydrogen) atoms. The maximum Gasteiger partial charge on any atom is 0.275 e. The third-order valence-corrected chi connectivity index (χ3v) is 9.85. The summed E-state index contributed by atoms with van der Waals surface area (Å²) in [7, 11) is -0.536. The van der Waals surface area contributed by atoms with Gasteiger partial charge in [0.15, 0.2) is 5.69 Å². The molecule has 1 saturated carbocycles. The molecule has 0 unspecified atom stereocenters. The summed E-state index contributed by atoms with van der Waals surface area (Å²) in [4.78, 5) is 21.8. The van der Waals surface area contributed by atoms with Crippen LogP contribution in [0.4, 0.5) is 0 Å². The minimum atomic E-state index is -3.82. The van der Waals surface area contributed by atoms with E-state index in [1.807, 2.05) is 0 Å². The van der Waals surface area contributed by atoms with Gasteiger partial charge in [0.05, 0.1) is 18.6 Å². The molecule has 3 aromatic rings. The number of aromatic nitrogens is 1. The minimum absolute atomic E-state index is 0.0343. The van der Waals surface area contributed by atoms with Crippen molar-refractivity contribution in [2.24, 2.45) is 0 Å². The van der Waals surface area contributed by atoms with E-state index in [9.17, 15) is 13.2 Å². The molecule has 1 aromatic heterocycles. The highest BCUT2D eigenvalue weighted by Gasteiger charge is 2.40. The van der Waals surface area contributed by atoms with E-state index in [0.29, 0.717) is 23.4 Å². The minimum Gasteiger partial charge on any atom is -0.497 e. The maximum absolute atomic E-state index is 13.8. The maximum atomic E-state index is 13.8. The van der Waals surface area contributed by atoms with Crippen LogP contribution >= 0.6 is 0 Å². The van der Waals surface area contributed by atoms with E-state index in [2.05, 4.69) is 34.1 Å². The monoisotopic (exact) mass is 566 g/mol. The van der Waals surface area contributed by atoms with Crippen molar-refractivity contribution in [3.63, 3.8) is 0 Å². The van der Waals surface area contributed by atoms with E-state index < -0.39 is 10.0 Å². The van der Waals surface area contributed by atoms with Crippen LogP contribution in [0.25, 0.3) is 0 Å². The van der Waals surface area contributed by atoms with Gasteiger partial charge in [0, 0.05) is 26.2 Å². The van der Waals surface area contributed by atoms with Gasteiger partial charge in [0.2, 0.25) is 15.9 Å². The number of carbonyl (C=O) groups excluding carboxylic acids is 1. The molecular weight excluding hydrogens is 528 g/mol. The number of likely N-dealkylation sites (tertiary alicyclic amines) is 1. The van der Waals surface area contributed by atoms with Gasteiger partial charge in [-0.1, -0.05) is 24.3 Å². The SMILES string of the molecule is COc1cc(C)c(S(=O)(=O)N(Cc2nc(C(=O)N(C)Cc3ccc(CN4CCCC4)cc3)co2)C2CC2)c(C)c1. The lowest BCUT2D eigenvalue weighted by Crippen LogP contribution is -2.34. The van der Waals surface area contributed by atoms with Crippen LogP contribution in [0.1, 0.15) is 64.3 Å². The molecule has 214 valence electrons. The first kappa shape index (κ1) is 28.3. The Labute approximate surface area is 236 Å². The van der Waals surface area contributed by atoms with Crippen molar-refractivity contribution in [2.45, 2.75) is 70.1 Å². The second kappa shape index (κ2) is 11.7. The van der Waals surface area contributed by atoms with Crippen molar-refractivity contribution < 1.29 is 22.4 Å². The number of carbonyl (C=O) groups is 1. The van der Waals surface area contributed by atoms with Crippen LogP contribution in [0.15, 0.2) is 52.0 Å². The third-order valence-electron chi connectivity index (χ3n) is 7.65. The molecule has 2 aromatic carbocycles. The summed E-state index contributed by atoms with van der Waals surface area (Å²) in [6, 6.07) is 11.7. The lowest BCUT2D eigenvalue weighted by molar-refractivity contribution is 0.0779. The fourth-order valence-electron chi connectivity index (χ4n) is 5.43. The standard InChI is InChI=1S/C30H38N4O5S/c1-21-15-26(38-4)16-22(2)29(21)40(36,37)34(25-11-12-25)19-28-31-27(20-39-28)30(35)32(3)17-23-7-9-24(10-8-23)18-33-13-5-6-14-33/h7-10,15-16,20,25H,5-6,11-14,17-19H2,1-4H3. The zero-order valence-corrected chi connectivity index (χ0v) is 24.5. The van der Waals surface area contributed by atoms with Crippen LogP contribution in [0, 0.1) is 13.8 Å². The molecule has 5 rings (SSSR count). The first-order chi connectivity index (χ1) is 19.2. The van der Waals surface area contributed by atoms with Crippen LogP contribution in [0.2, 0.25) is 0 Å². The van der Waals surface area contributed by atoms with Crippen molar-refractivity contribution in [1.29, 1.82) is 0 Å². The first-order valence-electron chi connectivity index (χ1n) is 13.8. The largest absolute Gasteiger partial charge is 0.497 e. The number of amides is 1. The lowest BCUT2D eigenvalue weighted by Gasteiger charge is -2.23. The zero-order chi connectivity index (χ0) is 28.4. The van der Waals surface area contributed by atoms with Gasteiger partial charge in [-0.3, -0.25) is 9.69 Å². The quantitative estimate of drug-likeness (QED) is 0.337. The molecule has 1 aliphatic heterocycles. The number of methoxy groups -OCH3 is 1. The van der Waals surface area contributed by atoms with E-state index in [1.54, 1.807) is 45.0 Å². The number of sulfonamides is 1. The first-order valence-corrected chi connectivity index (χ1v) is 15.3. The normalized spacial score (nSPS) is 16.0. The van der Waals surface area contributed by atoms with E-state index in [4.69, 9.17) is 9.15 Å². The van der Waals surface area contributed by atoms with Gasteiger partial charge in [-0.15, -0.1) is 0 Å². The summed E-state index contributed by atoms with van der Waals surface area (Å²) in [5, 5.41) is 0. The Morgan fingerprint density at radius 2 is 1.68 bits per heavy atom. The van der Waals surface area contributed by atoms with Gasteiger partial charge >= 0.3 is 0 Å². The van der Waals surface area contributed by atoms with Crippen molar-refractivity contribution >= 4 is 15.9 Å². The number of hydrogen-bond donors (Lipinski definition) is 0. The second-order valence-corrected chi connectivity index (χ2v) is 12.8. The summed E-state index contributed by atoms with van der Waals surface area (Å²) in [6.07, 6.45) is 5.41. The molecule has 1 saturated heterocycles. The molecule has 1 aliphatic carbocycles. The number of rotatable bonds is 11. The predicted octanol–water partition coefficient (Wildman–Crippen LogP) is 4.52. The van der Waals surface area contributed by atoms with Gasteiger partial charge in [0.25, 0.3) is 5.91 Å². The molecule has 10 heteroatoms. The molecule has 9 nitrogen and oxygen atoms in total. The average molecular weight is 567 g/mol. The van der Waals surface area contributed by atoms with Gasteiger partial charge in [-0.05, 0) is 87.0 Å². The Bertz CT molecular complexity index is 1430. The van der Waals surface area contributed by atoms with Crippen molar-refractivity contribution in [3.05, 3.63) is 76.5 Å². The average Bonchev–Trinajstić information content (AvgIpc) is 3.41. The smallest absolute Gasteiger partial charge is 0.275 e. The molecule has 0 bridgehead atoms. The fourth-order valence-corrected chi connectivity index (χ4v) is 7.48. The molecule has 2 fully saturated rings. The van der Waals surface area contributed by atoms with Crippen LogP contribution in [-0.2, 0) is 29.7 Å². The van der Waals surface area contributed by atoms with Crippen LogP contribution < -0.4 is 4.74 Å². The summed E-state index contributed by atoms with van der Waals surface area (Å²) >= 11 is 0. The lowest BCUT2D eigenvalue weighted by atomic mass is 10.1. The third kappa shape index (κ3) is 6.24. The number of ether oxygens (including phenoxy) is 1. The highest BCUT2D eigenvalue weighted by Crippen LogP contribution is 2.36. The van der Waals surface area contributed by atoms with E-state index >= 15 is 0 Å². The van der Waals surface area contributed by atoms with Crippen LogP contribution in [0.3, 0.4) is 0 Å². The zero-order valence-electron chi connectivity index (χ0n) is 23.7. The Balaban J connectivity index is 1.25. The van der Waals surface area contributed by atoms with Crippen LogP contribution in [0.5, 0.6) is 5.75 Å². The topological polar surface area (TPSA) is 96.2 Å². The molecule has 0 N–H and O–H groups in total. The molecule has 1 amide bonds. The van der Waals surface area contributed by atoms with Gasteiger partial charge in [-0.25, -0.2) is 13.4 Å². The number of hydrogen-bond acceptors (Lipinski definition) is 7. The summed E-state index contributed by atoms with van der Waals surface area (Å²) < 4.78 is 39.9. The molecule has 0 spiro atoms. The number of benzene rings is 2. The molecular formula is C30H38N4O5S. The Hall–Kier alpha value is -3.21. The van der Waals surface area contributed by atoms with Crippen molar-refractivity contribution in [2.75, 3.05) is 27.2 Å². The highest BCUT2D eigenvalue weighted by atomic mass is 32.2. The van der Waals surface area contributed by atoms with E-state index in [1.165, 1.54) is 29.0 Å². The molecule has 2 aliphatic rings. The Morgan fingerprint density at radius 1 is 1.05 bits per heavy atom. The summed E-state index contributed by atoms with van der Waals surface area (Å²) in [5.41, 5.74) is 3.71. The molecule has 2 heterocycles. The highest BCUT2D eigenvalue weighted by molar-refractivity contribution is 7.89. The van der Waals surface area contributed by atoms with Crippen molar-refractivity contribution in [1.82, 2.24) is 19.1 Å². The van der Waals surface area contributed by atoms with Crippen molar-refractivity contribution in [3.8, 4) is 5.75 Å². The number of oxazole rings is 1. The summed E-state index contributed by atoms with van der Waals surface area (Å²) in [6.45, 7) is 7.21. The second-order valence-electron chi connectivity index (χ2n) is 11.0. The van der Waals surface area contributed by atoms with Gasteiger partial charge in [0.1, 0.15) is 12.0 Å². The van der Waals surface area contributed by atoms with Crippen LogP contribution in [-0.4, -0.2) is 66.7 Å². The summed E-state index contributed by atoms with van der Waals surface area (Å²) in [5.74, 6) is 0.533. The Morgan fingerprint density at radius 3 is 2.27 bits per heavy atom. The van der Waals surface area contributed by atoms with E-state index in [0.717, 1.165) is 38.0 Å². The van der Waals surface area contributed by atoms with E-state index in [-0.39, 0.29) is 35.0 Å². The van der Waals surface area contributed by atoms with Gasteiger partial charge < -0.3 is 14.1 Å².